The van der Waals surface area contributed by atoms with Crippen molar-refractivity contribution in [2.75, 3.05) is 82.4 Å². The number of fused-ring (bicyclic) bond motifs is 4. The predicted molar refractivity (Wildman–Crippen MR) is 183 cm³/mol. The second kappa shape index (κ2) is 12.0. The van der Waals surface area contributed by atoms with Crippen molar-refractivity contribution in [3.05, 3.63) is 47.6 Å². The Morgan fingerprint density at radius 1 is 1.04 bits per heavy atom. The van der Waals surface area contributed by atoms with Crippen LogP contribution >= 0.6 is 18.7 Å². The summed E-state index contributed by atoms with van der Waals surface area (Å²) in [6, 6.07) is 12.5. The van der Waals surface area contributed by atoms with Crippen molar-refractivity contribution in [2.45, 2.75) is 24.9 Å². The summed E-state index contributed by atoms with van der Waals surface area (Å²) in [6.07, 6.45) is 3.92. The summed E-state index contributed by atoms with van der Waals surface area (Å²) in [5, 5.41) is 8.60. The van der Waals surface area contributed by atoms with E-state index in [0.29, 0.717) is 63.6 Å². The Bertz CT molecular complexity index is 1770. The number of piperidine rings is 1. The second-order valence-electron chi connectivity index (χ2n) is 12.6. The summed E-state index contributed by atoms with van der Waals surface area (Å²) in [7, 11) is 1.31. The van der Waals surface area contributed by atoms with Crippen LogP contribution in [0, 0.1) is 0 Å². The van der Waals surface area contributed by atoms with Gasteiger partial charge in [-0.3, -0.25) is 4.90 Å². The minimum atomic E-state index is -2.56. The first-order chi connectivity index (χ1) is 21.7. The van der Waals surface area contributed by atoms with E-state index in [4.69, 9.17) is 31.0 Å². The number of para-hydroxylation sites is 1. The quantitative estimate of drug-likeness (QED) is 0.227. The predicted octanol–water partition coefficient (Wildman–Crippen LogP) is 5.33. The molecule has 0 spiro atoms. The molecular formula is C32H40ClN8O3P. The number of likely N-dealkylation sites (N-methyl/N-ethyl adjacent to an activating group) is 1. The Balaban J connectivity index is 1.16. The molecule has 0 aliphatic carbocycles. The Kier molecular flexibility index (Phi) is 8.06. The normalized spacial score (nSPS) is 20.8. The fraction of sp³-hybridized carbons (Fsp3) is 0.438. The fourth-order valence-electron chi connectivity index (χ4n) is 6.80. The van der Waals surface area contributed by atoms with Crippen molar-refractivity contribution >= 4 is 63.9 Å². The number of ether oxygens (including phenoxy) is 2. The van der Waals surface area contributed by atoms with Gasteiger partial charge in [0.25, 0.3) is 0 Å². The third-order valence-electron chi connectivity index (χ3n) is 9.23. The molecule has 3 N–H and O–H groups in total. The number of H-pyrrole nitrogens is 1. The van der Waals surface area contributed by atoms with E-state index in [1.807, 2.05) is 30.3 Å². The third-order valence-corrected chi connectivity index (χ3v) is 11.1. The molecule has 3 aliphatic heterocycles. The molecule has 2 aromatic heterocycles. The molecule has 2 fully saturated rings. The van der Waals surface area contributed by atoms with E-state index < -0.39 is 7.14 Å². The SMILES string of the molecule is COc1cc2c(cc1Nc1nc(Nc3ccccc3P(C)(C)=O)c3c(Cl)c[nH]c3n1)OC[C@@H]1C[C@H](N3CCN(C)CC3)CCN21. The van der Waals surface area contributed by atoms with Crippen LogP contribution in [0.2, 0.25) is 5.02 Å². The van der Waals surface area contributed by atoms with Gasteiger partial charge in [0, 0.05) is 62.4 Å². The Labute approximate surface area is 268 Å². The van der Waals surface area contributed by atoms with Gasteiger partial charge in [-0.1, -0.05) is 23.7 Å². The van der Waals surface area contributed by atoms with E-state index in [1.54, 1.807) is 26.6 Å². The molecule has 4 aromatic rings. The number of hydrogen-bond acceptors (Lipinski definition) is 10. The molecule has 7 rings (SSSR count). The maximum Gasteiger partial charge on any atom is 0.231 e. The zero-order valence-corrected chi connectivity index (χ0v) is 27.8. The number of benzene rings is 2. The molecule has 2 saturated heterocycles. The highest BCUT2D eigenvalue weighted by atomic mass is 35.5. The van der Waals surface area contributed by atoms with Crippen molar-refractivity contribution in [3.63, 3.8) is 0 Å². The van der Waals surface area contributed by atoms with Gasteiger partial charge in [0.05, 0.1) is 40.6 Å². The first kappa shape index (κ1) is 30.2. The van der Waals surface area contributed by atoms with Gasteiger partial charge in [-0.25, -0.2) is 0 Å². The zero-order chi connectivity index (χ0) is 31.3. The van der Waals surface area contributed by atoms with Crippen LogP contribution in [-0.2, 0) is 4.57 Å². The van der Waals surface area contributed by atoms with Gasteiger partial charge in [0.15, 0.2) is 0 Å². The third kappa shape index (κ3) is 5.94. The molecule has 0 amide bonds. The number of nitrogens with one attached hydrogen (secondary N) is 3. The van der Waals surface area contributed by atoms with Crippen LogP contribution in [0.4, 0.5) is 28.8 Å². The van der Waals surface area contributed by atoms with Crippen molar-refractivity contribution in [3.8, 4) is 11.5 Å². The minimum Gasteiger partial charge on any atom is -0.494 e. The molecule has 2 aromatic carbocycles. The molecule has 5 heterocycles. The summed E-state index contributed by atoms with van der Waals surface area (Å²) in [4.78, 5) is 20.2. The first-order valence-electron chi connectivity index (χ1n) is 15.4. The molecule has 13 heteroatoms. The molecule has 0 bridgehead atoms. The fourth-order valence-corrected chi connectivity index (χ4v) is 8.19. The van der Waals surface area contributed by atoms with Crippen LogP contribution in [0.15, 0.2) is 42.6 Å². The first-order valence-corrected chi connectivity index (χ1v) is 18.4. The van der Waals surface area contributed by atoms with Crippen molar-refractivity contribution in [2.24, 2.45) is 0 Å². The van der Waals surface area contributed by atoms with E-state index in [-0.39, 0.29) is 0 Å². The van der Waals surface area contributed by atoms with Crippen LogP contribution in [-0.4, -0.2) is 104 Å². The number of rotatable bonds is 7. The standard InChI is InChI=1S/C32H40ClN8O3P/c1-39-11-13-40(14-12-39)20-9-10-41-21(15-20)19-44-27-16-24(26(43-2)17-25(27)41)36-32-37-30-29(22(33)18-34-30)31(38-32)35-23-7-5-6-8-28(23)45(3,4)42/h5-8,16-18,20-21H,9-15,19H2,1-4H3,(H3,34,35,36,37,38)/t20-,21+/m1/s1. The lowest BCUT2D eigenvalue weighted by Crippen LogP contribution is -2.57. The van der Waals surface area contributed by atoms with Gasteiger partial charge >= 0.3 is 0 Å². The second-order valence-corrected chi connectivity index (χ2v) is 16.2. The summed E-state index contributed by atoms with van der Waals surface area (Å²) < 4.78 is 25.3. The molecule has 0 radical (unpaired) electrons. The lowest BCUT2D eigenvalue weighted by Gasteiger charge is -2.48. The minimum absolute atomic E-state index is 0.334. The Hall–Kier alpha value is -3.50. The number of hydrogen-bond donors (Lipinski definition) is 3. The molecule has 0 unspecified atom stereocenters. The van der Waals surface area contributed by atoms with Crippen LogP contribution in [0.25, 0.3) is 11.0 Å². The van der Waals surface area contributed by atoms with Crippen molar-refractivity contribution < 1.29 is 14.0 Å². The molecule has 2 atom stereocenters. The maximum atomic E-state index is 13.0. The summed E-state index contributed by atoms with van der Waals surface area (Å²) in [6.45, 7) is 9.68. The smallest absolute Gasteiger partial charge is 0.231 e. The van der Waals surface area contributed by atoms with Crippen LogP contribution < -0.4 is 30.3 Å². The average molecular weight is 651 g/mol. The van der Waals surface area contributed by atoms with Gasteiger partial charge < -0.3 is 39.5 Å². The summed E-state index contributed by atoms with van der Waals surface area (Å²) >= 11 is 6.56. The lowest BCUT2D eigenvalue weighted by molar-refractivity contribution is 0.0822. The average Bonchev–Trinajstić information content (AvgIpc) is 3.41. The van der Waals surface area contributed by atoms with Gasteiger partial charge in [-0.15, -0.1) is 0 Å². The number of methoxy groups -OCH3 is 1. The number of nitrogens with zero attached hydrogens (tertiary/aromatic N) is 5. The van der Waals surface area contributed by atoms with Gasteiger partial charge in [-0.2, -0.15) is 9.97 Å². The number of anilines is 5. The maximum absolute atomic E-state index is 13.0. The van der Waals surface area contributed by atoms with Crippen molar-refractivity contribution in [1.29, 1.82) is 0 Å². The number of aromatic amines is 1. The molecule has 0 saturated carbocycles. The lowest BCUT2D eigenvalue weighted by atomic mass is 9.93. The summed E-state index contributed by atoms with van der Waals surface area (Å²) in [5.41, 5.74) is 3.02. The molecule has 11 nitrogen and oxygen atoms in total. The van der Waals surface area contributed by atoms with E-state index in [9.17, 15) is 4.57 Å². The highest BCUT2D eigenvalue weighted by Crippen LogP contribution is 2.45. The van der Waals surface area contributed by atoms with E-state index in [2.05, 4.69) is 43.4 Å². The van der Waals surface area contributed by atoms with E-state index in [1.165, 1.54) is 0 Å². The number of halogens is 1. The highest BCUT2D eigenvalue weighted by molar-refractivity contribution is 7.70. The van der Waals surface area contributed by atoms with Gasteiger partial charge in [0.1, 0.15) is 36.7 Å². The van der Waals surface area contributed by atoms with E-state index >= 15 is 0 Å². The molecule has 45 heavy (non-hydrogen) atoms. The largest absolute Gasteiger partial charge is 0.494 e. The van der Waals surface area contributed by atoms with Gasteiger partial charge in [0.2, 0.25) is 5.95 Å². The zero-order valence-electron chi connectivity index (χ0n) is 26.1. The highest BCUT2D eigenvalue weighted by Gasteiger charge is 2.37. The Morgan fingerprint density at radius 2 is 1.84 bits per heavy atom. The topological polar surface area (TPSA) is 111 Å². The molecule has 238 valence electrons. The van der Waals surface area contributed by atoms with Gasteiger partial charge in [-0.05, 0) is 45.4 Å². The monoisotopic (exact) mass is 650 g/mol. The molecular weight excluding hydrogens is 611 g/mol. The van der Waals surface area contributed by atoms with Crippen LogP contribution in [0.3, 0.4) is 0 Å². The van der Waals surface area contributed by atoms with Crippen LogP contribution in [0.5, 0.6) is 11.5 Å². The number of aromatic nitrogens is 3. The van der Waals surface area contributed by atoms with E-state index in [0.717, 1.165) is 62.3 Å². The molecule has 3 aliphatic rings. The Morgan fingerprint density at radius 3 is 2.62 bits per heavy atom. The number of piperazine rings is 1. The van der Waals surface area contributed by atoms with Crippen LogP contribution in [0.1, 0.15) is 12.8 Å². The van der Waals surface area contributed by atoms with Crippen molar-refractivity contribution in [1.82, 2.24) is 24.8 Å². The summed E-state index contributed by atoms with van der Waals surface area (Å²) in [5.74, 6) is 2.32.